The quantitative estimate of drug-likeness (QED) is 0.752. The molecule has 1 aromatic heterocycles. The fraction of sp³-hybridized carbons (Fsp3) is 0.391. The fourth-order valence-corrected chi connectivity index (χ4v) is 4.78. The van der Waals surface area contributed by atoms with Crippen molar-refractivity contribution in [3.05, 3.63) is 47.7 Å². The molecule has 8 heteroatoms. The zero-order valence-corrected chi connectivity index (χ0v) is 17.3. The lowest BCUT2D eigenvalue weighted by Crippen LogP contribution is -2.61. The average Bonchev–Trinajstić information content (AvgIpc) is 3.12. The molecule has 4 heterocycles. The summed E-state index contributed by atoms with van der Waals surface area (Å²) in [5, 5.41) is 0.999. The Labute approximate surface area is 179 Å². The number of rotatable bonds is 3. The van der Waals surface area contributed by atoms with Gasteiger partial charge in [0.25, 0.3) is 0 Å². The largest absolute Gasteiger partial charge is 0.462 e. The number of benzene rings is 1. The number of carbonyl (C=O) groups is 3. The molecule has 31 heavy (non-hydrogen) atoms. The molecule has 3 aliphatic heterocycles. The monoisotopic (exact) mass is 421 g/mol. The normalized spacial score (nSPS) is 27.7. The molecule has 5 rings (SSSR count). The highest BCUT2D eigenvalue weighted by Crippen LogP contribution is 2.47. The number of nitrogens with two attached hydrogens (primary N) is 1. The van der Waals surface area contributed by atoms with E-state index in [1.807, 2.05) is 36.4 Å². The van der Waals surface area contributed by atoms with Gasteiger partial charge in [-0.05, 0) is 31.6 Å². The summed E-state index contributed by atoms with van der Waals surface area (Å²) in [4.78, 5) is 45.1. The van der Waals surface area contributed by atoms with Crippen LogP contribution in [-0.4, -0.2) is 46.0 Å². The Kier molecular flexibility index (Phi) is 4.37. The molecule has 1 fully saturated rings. The number of pyridine rings is 1. The minimum absolute atomic E-state index is 0.0498. The van der Waals surface area contributed by atoms with Gasteiger partial charge in [0.2, 0.25) is 11.5 Å². The molecule has 160 valence electrons. The fourth-order valence-electron chi connectivity index (χ4n) is 4.78. The summed E-state index contributed by atoms with van der Waals surface area (Å²) >= 11 is 0. The van der Waals surface area contributed by atoms with E-state index in [4.69, 9.17) is 20.2 Å². The SMILES string of the molecule is CC[C@@]1(OC(=O)C(C)N)C(=O)OCC2C(=O)N3Cc4cc5ccccc5nc4C3=CC21. The Morgan fingerprint density at radius 3 is 2.90 bits per heavy atom. The van der Waals surface area contributed by atoms with Crippen LogP contribution in [0.3, 0.4) is 0 Å². The second-order valence-electron chi connectivity index (χ2n) is 8.35. The van der Waals surface area contributed by atoms with Crippen LogP contribution in [-0.2, 0) is 30.4 Å². The van der Waals surface area contributed by atoms with Gasteiger partial charge in [-0.2, -0.15) is 0 Å². The Balaban J connectivity index is 1.65. The van der Waals surface area contributed by atoms with E-state index in [2.05, 4.69) is 0 Å². The number of fused-ring (bicyclic) bond motifs is 5. The van der Waals surface area contributed by atoms with Crippen molar-refractivity contribution in [1.82, 2.24) is 9.88 Å². The summed E-state index contributed by atoms with van der Waals surface area (Å²) in [7, 11) is 0. The van der Waals surface area contributed by atoms with Crippen LogP contribution in [0.1, 0.15) is 31.5 Å². The predicted molar refractivity (Wildman–Crippen MR) is 111 cm³/mol. The molecule has 0 aliphatic carbocycles. The minimum atomic E-state index is -1.60. The van der Waals surface area contributed by atoms with Crippen LogP contribution in [0.4, 0.5) is 0 Å². The number of carbonyl (C=O) groups excluding carboxylic acids is 3. The number of esters is 2. The summed E-state index contributed by atoms with van der Waals surface area (Å²) in [6, 6.07) is 8.91. The highest BCUT2D eigenvalue weighted by atomic mass is 16.6. The molecule has 4 atom stereocenters. The minimum Gasteiger partial charge on any atom is -0.462 e. The molecule has 2 N–H and O–H groups in total. The third kappa shape index (κ3) is 2.78. The molecule has 3 unspecified atom stereocenters. The van der Waals surface area contributed by atoms with Gasteiger partial charge in [-0.3, -0.25) is 9.59 Å². The van der Waals surface area contributed by atoms with Crippen LogP contribution >= 0.6 is 0 Å². The first kappa shape index (κ1) is 19.7. The van der Waals surface area contributed by atoms with Gasteiger partial charge in [-0.15, -0.1) is 0 Å². The Bertz CT molecular complexity index is 1160. The van der Waals surface area contributed by atoms with Gasteiger partial charge >= 0.3 is 11.9 Å². The predicted octanol–water partition coefficient (Wildman–Crippen LogP) is 1.76. The van der Waals surface area contributed by atoms with E-state index in [1.165, 1.54) is 6.92 Å². The van der Waals surface area contributed by atoms with Crippen molar-refractivity contribution in [2.75, 3.05) is 6.61 Å². The highest BCUT2D eigenvalue weighted by molar-refractivity contribution is 5.97. The third-order valence-corrected chi connectivity index (χ3v) is 6.48. The Morgan fingerprint density at radius 1 is 1.39 bits per heavy atom. The molecule has 0 radical (unpaired) electrons. The number of hydrogen-bond acceptors (Lipinski definition) is 7. The number of amides is 1. The van der Waals surface area contributed by atoms with E-state index in [1.54, 1.807) is 11.8 Å². The van der Waals surface area contributed by atoms with Gasteiger partial charge in [0.05, 0.1) is 29.4 Å². The Hall–Kier alpha value is -3.26. The molecule has 2 aromatic rings. The topological polar surface area (TPSA) is 112 Å². The van der Waals surface area contributed by atoms with Crippen molar-refractivity contribution in [3.8, 4) is 0 Å². The Morgan fingerprint density at radius 2 is 2.16 bits per heavy atom. The zero-order valence-electron chi connectivity index (χ0n) is 17.3. The lowest BCUT2D eigenvalue weighted by molar-refractivity contribution is -0.205. The molecule has 3 aliphatic rings. The first-order chi connectivity index (χ1) is 14.9. The molecule has 8 nitrogen and oxygen atoms in total. The van der Waals surface area contributed by atoms with E-state index in [9.17, 15) is 14.4 Å². The molecule has 0 saturated carbocycles. The molecular formula is C23H23N3O5. The van der Waals surface area contributed by atoms with Crippen LogP contribution in [0.25, 0.3) is 16.6 Å². The first-order valence-corrected chi connectivity index (χ1v) is 10.4. The highest BCUT2D eigenvalue weighted by Gasteiger charge is 2.60. The third-order valence-electron chi connectivity index (χ3n) is 6.48. The van der Waals surface area contributed by atoms with Crippen LogP contribution in [0, 0.1) is 11.8 Å². The lowest BCUT2D eigenvalue weighted by atomic mass is 9.72. The molecule has 0 spiro atoms. The first-order valence-electron chi connectivity index (χ1n) is 10.4. The number of ether oxygens (including phenoxy) is 2. The maximum atomic E-state index is 13.4. The van der Waals surface area contributed by atoms with E-state index in [0.717, 1.165) is 16.5 Å². The summed E-state index contributed by atoms with van der Waals surface area (Å²) in [5.41, 5.74) is 7.22. The van der Waals surface area contributed by atoms with Crippen molar-refractivity contribution in [1.29, 1.82) is 0 Å². The van der Waals surface area contributed by atoms with E-state index in [0.29, 0.717) is 17.9 Å². The summed E-state index contributed by atoms with van der Waals surface area (Å²) in [5.74, 6) is -2.80. The van der Waals surface area contributed by atoms with E-state index < -0.39 is 35.4 Å². The van der Waals surface area contributed by atoms with E-state index >= 15 is 0 Å². The molecular weight excluding hydrogens is 398 g/mol. The van der Waals surface area contributed by atoms with Crippen LogP contribution < -0.4 is 5.73 Å². The second-order valence-corrected chi connectivity index (χ2v) is 8.35. The number of hydrogen-bond donors (Lipinski definition) is 1. The van der Waals surface area contributed by atoms with Crippen LogP contribution in [0.15, 0.2) is 36.4 Å². The zero-order chi connectivity index (χ0) is 21.9. The van der Waals surface area contributed by atoms with Gasteiger partial charge in [0, 0.05) is 16.9 Å². The van der Waals surface area contributed by atoms with Gasteiger partial charge < -0.3 is 20.1 Å². The van der Waals surface area contributed by atoms with Gasteiger partial charge in [0.15, 0.2) is 0 Å². The summed E-state index contributed by atoms with van der Waals surface area (Å²) < 4.78 is 11.0. The summed E-state index contributed by atoms with van der Waals surface area (Å²) in [6.07, 6.45) is 2.03. The number of para-hydroxylation sites is 1. The number of cyclic esters (lactones) is 1. The number of nitrogens with zero attached hydrogens (tertiary/aromatic N) is 2. The standard InChI is InChI=1S/C23H23N3O5/c1-3-23(31-21(28)12(2)24)16-9-18-19-14(8-13-6-4-5-7-17(13)25-19)10-26(18)20(27)15(16)11-30-22(23)29/h4-9,12,15-16H,3,10-11,24H2,1-2H3/t12?,15?,16?,23-/m0/s1. The smallest absolute Gasteiger partial charge is 0.351 e. The molecule has 1 amide bonds. The van der Waals surface area contributed by atoms with Crippen molar-refractivity contribution < 1.29 is 23.9 Å². The molecule has 0 bridgehead atoms. The van der Waals surface area contributed by atoms with Crippen LogP contribution in [0.2, 0.25) is 0 Å². The number of aromatic nitrogens is 1. The van der Waals surface area contributed by atoms with Gasteiger partial charge in [-0.25, -0.2) is 9.78 Å². The van der Waals surface area contributed by atoms with Crippen molar-refractivity contribution >= 4 is 34.4 Å². The second kappa shape index (κ2) is 6.88. The average molecular weight is 421 g/mol. The van der Waals surface area contributed by atoms with Crippen LogP contribution in [0.5, 0.6) is 0 Å². The van der Waals surface area contributed by atoms with Crippen molar-refractivity contribution in [3.63, 3.8) is 0 Å². The van der Waals surface area contributed by atoms with E-state index in [-0.39, 0.29) is 18.9 Å². The molecule has 1 aromatic carbocycles. The van der Waals surface area contributed by atoms with Gasteiger partial charge in [-0.1, -0.05) is 25.1 Å². The van der Waals surface area contributed by atoms with Gasteiger partial charge in [0.1, 0.15) is 12.6 Å². The summed E-state index contributed by atoms with van der Waals surface area (Å²) in [6.45, 7) is 3.59. The maximum Gasteiger partial charge on any atom is 0.351 e. The lowest BCUT2D eigenvalue weighted by Gasteiger charge is -2.46. The van der Waals surface area contributed by atoms with Crippen molar-refractivity contribution in [2.24, 2.45) is 17.6 Å². The van der Waals surface area contributed by atoms with Crippen molar-refractivity contribution in [2.45, 2.75) is 38.5 Å². The molecule has 1 saturated heterocycles. The maximum absolute atomic E-state index is 13.4.